The molecule has 0 atom stereocenters. The van der Waals surface area contributed by atoms with Crippen molar-refractivity contribution in [2.45, 2.75) is 20.4 Å². The molecule has 0 aromatic carbocycles. The first-order chi connectivity index (χ1) is 7.70. The number of anilines is 1. The molecule has 0 saturated carbocycles. The van der Waals surface area contributed by atoms with E-state index in [1.54, 1.807) is 17.1 Å². The van der Waals surface area contributed by atoms with Crippen molar-refractivity contribution >= 4 is 23.1 Å². The minimum atomic E-state index is -0.248. The molecule has 0 aliphatic rings. The fraction of sp³-hybridized carbons (Fsp3) is 0.333. The molecule has 0 bridgehead atoms. The normalized spacial score (nSPS) is 10.4. The van der Waals surface area contributed by atoms with Gasteiger partial charge in [0.05, 0.1) is 16.8 Å². The van der Waals surface area contributed by atoms with Gasteiger partial charge in [0.25, 0.3) is 5.91 Å². The quantitative estimate of drug-likeness (QED) is 0.873. The Labute approximate surface area is 96.5 Å². The first-order valence-corrected chi connectivity index (χ1v) is 5.60. The van der Waals surface area contributed by atoms with Crippen LogP contribution in [0.5, 0.6) is 0 Å². The first kappa shape index (κ1) is 10.7. The van der Waals surface area contributed by atoms with Gasteiger partial charge in [-0.05, 0) is 25.4 Å². The molecule has 7 heteroatoms. The van der Waals surface area contributed by atoms with Crippen molar-refractivity contribution in [3.8, 4) is 0 Å². The van der Waals surface area contributed by atoms with E-state index in [-0.39, 0.29) is 5.91 Å². The minimum Gasteiger partial charge on any atom is -0.318 e. The summed E-state index contributed by atoms with van der Waals surface area (Å²) in [7, 11) is 0. The standard InChI is InChI=1S/C9H11N5OS/c1-3-14-5-7(4-10-14)11-9(15)8-6(2)16-13-12-8/h4-5H,3H2,1-2H3,(H,11,15). The van der Waals surface area contributed by atoms with E-state index in [4.69, 9.17) is 0 Å². The number of aromatic nitrogens is 4. The largest absolute Gasteiger partial charge is 0.318 e. The number of nitrogens with one attached hydrogen (secondary N) is 1. The van der Waals surface area contributed by atoms with Crippen molar-refractivity contribution in [3.05, 3.63) is 23.0 Å². The highest BCUT2D eigenvalue weighted by Gasteiger charge is 2.13. The van der Waals surface area contributed by atoms with E-state index >= 15 is 0 Å². The Hall–Kier alpha value is -1.76. The maximum absolute atomic E-state index is 11.7. The maximum Gasteiger partial charge on any atom is 0.277 e. The summed E-state index contributed by atoms with van der Waals surface area (Å²) in [5, 5.41) is 10.5. The number of nitrogens with zero attached hydrogens (tertiary/aromatic N) is 4. The van der Waals surface area contributed by atoms with Gasteiger partial charge in [0.1, 0.15) is 0 Å². The molecule has 0 spiro atoms. The van der Waals surface area contributed by atoms with Crippen LogP contribution in [0.4, 0.5) is 5.69 Å². The number of carbonyl (C=O) groups excluding carboxylic acids is 1. The van der Waals surface area contributed by atoms with E-state index in [1.165, 1.54) is 11.5 Å². The molecule has 2 aromatic rings. The Balaban J connectivity index is 2.11. The number of amides is 1. The summed E-state index contributed by atoms with van der Waals surface area (Å²) in [6.45, 7) is 4.56. The van der Waals surface area contributed by atoms with Crippen LogP contribution < -0.4 is 5.32 Å². The van der Waals surface area contributed by atoms with Crippen LogP contribution in [0.3, 0.4) is 0 Å². The van der Waals surface area contributed by atoms with E-state index in [2.05, 4.69) is 20.0 Å². The molecule has 0 fully saturated rings. The van der Waals surface area contributed by atoms with Crippen LogP contribution in [0.2, 0.25) is 0 Å². The number of hydrogen-bond donors (Lipinski definition) is 1. The molecule has 1 N–H and O–H groups in total. The van der Waals surface area contributed by atoms with Crippen LogP contribution >= 0.6 is 11.5 Å². The second-order valence-electron chi connectivity index (χ2n) is 3.22. The molecule has 2 aromatic heterocycles. The zero-order chi connectivity index (χ0) is 11.5. The molecule has 2 rings (SSSR count). The van der Waals surface area contributed by atoms with Crippen molar-refractivity contribution in [1.29, 1.82) is 0 Å². The zero-order valence-corrected chi connectivity index (χ0v) is 9.78. The fourth-order valence-corrected chi connectivity index (χ4v) is 1.70. The molecule has 0 radical (unpaired) electrons. The van der Waals surface area contributed by atoms with Crippen LogP contribution in [-0.2, 0) is 6.54 Å². The van der Waals surface area contributed by atoms with Gasteiger partial charge in [-0.3, -0.25) is 9.48 Å². The van der Waals surface area contributed by atoms with Gasteiger partial charge in [-0.15, -0.1) is 5.10 Å². The molecule has 0 aliphatic carbocycles. The van der Waals surface area contributed by atoms with E-state index < -0.39 is 0 Å². The second-order valence-corrected chi connectivity index (χ2v) is 4.17. The van der Waals surface area contributed by atoms with Gasteiger partial charge >= 0.3 is 0 Å². The maximum atomic E-state index is 11.7. The highest BCUT2D eigenvalue weighted by atomic mass is 32.1. The Morgan fingerprint density at radius 2 is 2.44 bits per heavy atom. The van der Waals surface area contributed by atoms with Crippen LogP contribution in [0.15, 0.2) is 12.4 Å². The molecule has 84 valence electrons. The third-order valence-corrected chi connectivity index (χ3v) is 2.71. The number of hydrogen-bond acceptors (Lipinski definition) is 5. The number of rotatable bonds is 3. The Bertz CT molecular complexity index is 503. The number of aryl methyl sites for hydroxylation is 2. The molecule has 0 unspecified atom stereocenters. The molecular weight excluding hydrogens is 226 g/mol. The summed E-state index contributed by atoms with van der Waals surface area (Å²) in [6.07, 6.45) is 3.38. The highest BCUT2D eigenvalue weighted by molar-refractivity contribution is 7.05. The van der Waals surface area contributed by atoms with Gasteiger partial charge in [0.2, 0.25) is 0 Å². The average molecular weight is 237 g/mol. The molecule has 16 heavy (non-hydrogen) atoms. The topological polar surface area (TPSA) is 72.7 Å². The van der Waals surface area contributed by atoms with Crippen molar-refractivity contribution in [2.24, 2.45) is 0 Å². The van der Waals surface area contributed by atoms with Gasteiger partial charge in [-0.25, -0.2) is 0 Å². The van der Waals surface area contributed by atoms with Gasteiger partial charge in [0, 0.05) is 12.7 Å². The predicted molar refractivity (Wildman–Crippen MR) is 60.5 cm³/mol. The lowest BCUT2D eigenvalue weighted by Crippen LogP contribution is -2.13. The Morgan fingerprint density at radius 1 is 1.62 bits per heavy atom. The molecular formula is C9H11N5OS. The summed E-state index contributed by atoms with van der Waals surface area (Å²) >= 11 is 1.21. The van der Waals surface area contributed by atoms with Crippen LogP contribution in [-0.4, -0.2) is 25.3 Å². The summed E-state index contributed by atoms with van der Waals surface area (Å²) in [4.78, 5) is 12.6. The zero-order valence-electron chi connectivity index (χ0n) is 8.97. The van der Waals surface area contributed by atoms with Crippen molar-refractivity contribution in [1.82, 2.24) is 19.4 Å². The summed E-state index contributed by atoms with van der Waals surface area (Å²) in [6, 6.07) is 0. The fourth-order valence-electron chi connectivity index (χ4n) is 1.23. The molecule has 6 nitrogen and oxygen atoms in total. The molecule has 2 heterocycles. The van der Waals surface area contributed by atoms with E-state index in [1.807, 2.05) is 13.8 Å². The Kier molecular flexibility index (Phi) is 2.95. The minimum absolute atomic E-state index is 0.248. The summed E-state index contributed by atoms with van der Waals surface area (Å²) < 4.78 is 5.45. The summed E-state index contributed by atoms with van der Waals surface area (Å²) in [5.41, 5.74) is 1.04. The number of carbonyl (C=O) groups is 1. The molecule has 0 aliphatic heterocycles. The smallest absolute Gasteiger partial charge is 0.277 e. The van der Waals surface area contributed by atoms with Crippen LogP contribution in [0, 0.1) is 6.92 Å². The lowest BCUT2D eigenvalue weighted by Gasteiger charge is -1.98. The van der Waals surface area contributed by atoms with Gasteiger partial charge in [0.15, 0.2) is 5.69 Å². The third-order valence-electron chi connectivity index (χ3n) is 2.08. The van der Waals surface area contributed by atoms with E-state index in [0.29, 0.717) is 11.4 Å². The van der Waals surface area contributed by atoms with Crippen LogP contribution in [0.1, 0.15) is 22.3 Å². The van der Waals surface area contributed by atoms with Crippen molar-refractivity contribution < 1.29 is 4.79 Å². The van der Waals surface area contributed by atoms with Crippen LogP contribution in [0.25, 0.3) is 0 Å². The SMILES string of the molecule is CCn1cc(NC(=O)c2nnsc2C)cn1. The van der Waals surface area contributed by atoms with Crippen molar-refractivity contribution in [2.75, 3.05) is 5.32 Å². The van der Waals surface area contributed by atoms with E-state index in [0.717, 1.165) is 11.4 Å². The average Bonchev–Trinajstić information content (AvgIpc) is 2.86. The highest BCUT2D eigenvalue weighted by Crippen LogP contribution is 2.11. The van der Waals surface area contributed by atoms with Crippen molar-refractivity contribution in [3.63, 3.8) is 0 Å². The predicted octanol–water partition coefficient (Wildman–Crippen LogP) is 1.32. The lowest BCUT2D eigenvalue weighted by atomic mass is 10.3. The first-order valence-electron chi connectivity index (χ1n) is 4.83. The van der Waals surface area contributed by atoms with Gasteiger partial charge in [-0.1, -0.05) is 4.49 Å². The lowest BCUT2D eigenvalue weighted by molar-refractivity contribution is 0.102. The third kappa shape index (κ3) is 2.08. The summed E-state index contributed by atoms with van der Waals surface area (Å²) in [5.74, 6) is -0.248. The van der Waals surface area contributed by atoms with Gasteiger partial charge < -0.3 is 5.32 Å². The Morgan fingerprint density at radius 3 is 3.00 bits per heavy atom. The second kappa shape index (κ2) is 4.40. The monoisotopic (exact) mass is 237 g/mol. The van der Waals surface area contributed by atoms with E-state index in [9.17, 15) is 4.79 Å². The van der Waals surface area contributed by atoms with Gasteiger partial charge in [-0.2, -0.15) is 5.10 Å². The molecule has 0 saturated heterocycles. The molecule has 1 amide bonds.